The lowest BCUT2D eigenvalue weighted by Gasteiger charge is -2.25. The highest BCUT2D eigenvalue weighted by molar-refractivity contribution is 9.10. The van der Waals surface area contributed by atoms with Crippen molar-refractivity contribution in [2.75, 3.05) is 5.73 Å². The van der Waals surface area contributed by atoms with Crippen molar-refractivity contribution in [3.05, 3.63) is 63.6 Å². The normalized spacial score (nSPS) is 17.1. The summed E-state index contributed by atoms with van der Waals surface area (Å²) < 4.78 is 6.41. The molecular formula is C17H16BrNO2. The Morgan fingerprint density at radius 3 is 2.86 bits per heavy atom. The second-order valence-corrected chi connectivity index (χ2v) is 6.04. The van der Waals surface area contributed by atoms with Crippen LogP contribution in [0.25, 0.3) is 0 Å². The number of nitrogens with two attached hydrogens (primary N) is 1. The van der Waals surface area contributed by atoms with E-state index in [1.807, 2.05) is 24.3 Å². The standard InChI is InChI=1S/C17H16BrNO2/c18-14-9-4-8-13(16(14)19)17(20)21-15-10-3-6-11-5-1-2-7-12(11)15/h1-2,4-5,7-9,15H,3,6,10,19H2. The molecule has 1 unspecified atom stereocenters. The van der Waals surface area contributed by atoms with E-state index >= 15 is 0 Å². The largest absolute Gasteiger partial charge is 0.454 e. The summed E-state index contributed by atoms with van der Waals surface area (Å²) in [6.45, 7) is 0. The van der Waals surface area contributed by atoms with E-state index in [4.69, 9.17) is 10.5 Å². The molecule has 1 aliphatic rings. The molecule has 0 saturated carbocycles. The van der Waals surface area contributed by atoms with Gasteiger partial charge in [0.2, 0.25) is 0 Å². The summed E-state index contributed by atoms with van der Waals surface area (Å²) in [5.74, 6) is -0.365. The summed E-state index contributed by atoms with van der Waals surface area (Å²) in [4.78, 5) is 12.4. The number of benzene rings is 2. The van der Waals surface area contributed by atoms with E-state index in [2.05, 4.69) is 22.0 Å². The fraction of sp³-hybridized carbons (Fsp3) is 0.235. The van der Waals surface area contributed by atoms with Gasteiger partial charge in [0.05, 0.1) is 11.3 Å². The Hall–Kier alpha value is -1.81. The number of carbonyl (C=O) groups excluding carboxylic acids is 1. The predicted molar refractivity (Wildman–Crippen MR) is 86.1 cm³/mol. The van der Waals surface area contributed by atoms with Gasteiger partial charge in [0.25, 0.3) is 0 Å². The molecule has 1 atom stereocenters. The molecule has 0 bridgehead atoms. The summed E-state index contributed by atoms with van der Waals surface area (Å²) in [5.41, 5.74) is 9.15. The van der Waals surface area contributed by atoms with Crippen LogP contribution in [0.3, 0.4) is 0 Å². The minimum absolute atomic E-state index is 0.180. The van der Waals surface area contributed by atoms with Crippen molar-refractivity contribution in [3.63, 3.8) is 0 Å². The van der Waals surface area contributed by atoms with Crippen molar-refractivity contribution < 1.29 is 9.53 Å². The number of hydrogen-bond acceptors (Lipinski definition) is 3. The highest BCUT2D eigenvalue weighted by Gasteiger charge is 2.24. The number of fused-ring (bicyclic) bond motifs is 1. The molecule has 0 heterocycles. The molecular weight excluding hydrogens is 330 g/mol. The van der Waals surface area contributed by atoms with Crippen LogP contribution < -0.4 is 5.73 Å². The van der Waals surface area contributed by atoms with Crippen molar-refractivity contribution in [1.29, 1.82) is 0 Å². The van der Waals surface area contributed by atoms with E-state index in [9.17, 15) is 4.79 Å². The zero-order chi connectivity index (χ0) is 14.8. The van der Waals surface area contributed by atoms with Gasteiger partial charge in [-0.25, -0.2) is 4.79 Å². The molecule has 2 aromatic carbocycles. The van der Waals surface area contributed by atoms with Crippen LogP contribution in [-0.2, 0) is 11.2 Å². The molecule has 0 saturated heterocycles. The van der Waals surface area contributed by atoms with Gasteiger partial charge in [-0.05, 0) is 58.5 Å². The Labute approximate surface area is 132 Å². The van der Waals surface area contributed by atoms with Crippen LogP contribution in [0.15, 0.2) is 46.9 Å². The third-order valence-electron chi connectivity index (χ3n) is 3.84. The molecule has 1 aliphatic carbocycles. The third kappa shape index (κ3) is 2.81. The summed E-state index contributed by atoms with van der Waals surface area (Å²) in [6, 6.07) is 13.4. The van der Waals surface area contributed by atoms with Crippen LogP contribution >= 0.6 is 15.9 Å². The fourth-order valence-corrected chi connectivity index (χ4v) is 3.11. The Balaban J connectivity index is 1.85. The zero-order valence-corrected chi connectivity index (χ0v) is 13.1. The first-order valence-electron chi connectivity index (χ1n) is 6.99. The van der Waals surface area contributed by atoms with Crippen molar-refractivity contribution >= 4 is 27.6 Å². The number of carbonyl (C=O) groups is 1. The predicted octanol–water partition coefficient (Wildman–Crippen LogP) is 4.27. The lowest BCUT2D eigenvalue weighted by molar-refractivity contribution is 0.0257. The van der Waals surface area contributed by atoms with E-state index in [1.54, 1.807) is 12.1 Å². The molecule has 3 rings (SSSR count). The van der Waals surface area contributed by atoms with Crippen LogP contribution in [0.1, 0.15) is 40.4 Å². The van der Waals surface area contributed by atoms with Gasteiger partial charge in [0.15, 0.2) is 0 Å². The topological polar surface area (TPSA) is 52.3 Å². The fourth-order valence-electron chi connectivity index (χ4n) is 2.74. The number of esters is 1. The molecule has 21 heavy (non-hydrogen) atoms. The maximum atomic E-state index is 12.4. The molecule has 2 aromatic rings. The number of rotatable bonds is 2. The van der Waals surface area contributed by atoms with Gasteiger partial charge in [-0.2, -0.15) is 0 Å². The van der Waals surface area contributed by atoms with Crippen LogP contribution in [-0.4, -0.2) is 5.97 Å². The van der Waals surface area contributed by atoms with E-state index in [0.717, 1.165) is 24.8 Å². The Morgan fingerprint density at radius 1 is 1.19 bits per heavy atom. The highest BCUT2D eigenvalue weighted by Crippen LogP contribution is 2.34. The maximum Gasteiger partial charge on any atom is 0.340 e. The zero-order valence-electron chi connectivity index (χ0n) is 11.5. The van der Waals surface area contributed by atoms with Gasteiger partial charge >= 0.3 is 5.97 Å². The molecule has 0 fully saturated rings. The number of nitrogen functional groups attached to an aromatic ring is 1. The van der Waals surface area contributed by atoms with E-state index in [0.29, 0.717) is 15.7 Å². The molecule has 108 valence electrons. The second-order valence-electron chi connectivity index (χ2n) is 5.19. The first kappa shape index (κ1) is 14.1. The van der Waals surface area contributed by atoms with Crippen LogP contribution in [0.4, 0.5) is 5.69 Å². The average molecular weight is 346 g/mol. The minimum atomic E-state index is -0.365. The van der Waals surface area contributed by atoms with E-state index in [1.165, 1.54) is 5.56 Å². The monoisotopic (exact) mass is 345 g/mol. The Bertz CT molecular complexity index is 684. The third-order valence-corrected chi connectivity index (χ3v) is 4.53. The summed E-state index contributed by atoms with van der Waals surface area (Å²) in [5, 5.41) is 0. The number of para-hydroxylation sites is 1. The first-order valence-corrected chi connectivity index (χ1v) is 7.79. The molecule has 3 nitrogen and oxygen atoms in total. The average Bonchev–Trinajstić information content (AvgIpc) is 2.50. The van der Waals surface area contributed by atoms with Gasteiger partial charge in [-0.15, -0.1) is 0 Å². The number of ether oxygens (including phenoxy) is 1. The van der Waals surface area contributed by atoms with E-state index < -0.39 is 0 Å². The molecule has 4 heteroatoms. The summed E-state index contributed by atoms with van der Waals surface area (Å²) >= 11 is 3.33. The Kier molecular flexibility index (Phi) is 3.97. The quantitative estimate of drug-likeness (QED) is 0.653. The Morgan fingerprint density at radius 2 is 2.00 bits per heavy atom. The SMILES string of the molecule is Nc1c(Br)cccc1C(=O)OC1CCCc2ccccc21. The van der Waals surface area contributed by atoms with Gasteiger partial charge in [0.1, 0.15) is 6.10 Å². The molecule has 2 N–H and O–H groups in total. The van der Waals surface area contributed by atoms with Gasteiger partial charge in [0, 0.05) is 4.47 Å². The van der Waals surface area contributed by atoms with Crippen LogP contribution in [0.5, 0.6) is 0 Å². The summed E-state index contributed by atoms with van der Waals surface area (Å²) in [7, 11) is 0. The highest BCUT2D eigenvalue weighted by atomic mass is 79.9. The van der Waals surface area contributed by atoms with Gasteiger partial charge in [-0.3, -0.25) is 0 Å². The van der Waals surface area contributed by atoms with Crippen molar-refractivity contribution in [1.82, 2.24) is 0 Å². The van der Waals surface area contributed by atoms with Crippen molar-refractivity contribution in [2.45, 2.75) is 25.4 Å². The maximum absolute atomic E-state index is 12.4. The number of hydrogen-bond donors (Lipinski definition) is 1. The first-order chi connectivity index (χ1) is 10.2. The van der Waals surface area contributed by atoms with E-state index in [-0.39, 0.29) is 12.1 Å². The summed E-state index contributed by atoms with van der Waals surface area (Å²) in [6.07, 6.45) is 2.75. The molecule has 0 aliphatic heterocycles. The lowest BCUT2D eigenvalue weighted by atomic mass is 9.89. The van der Waals surface area contributed by atoms with Crippen molar-refractivity contribution in [3.8, 4) is 0 Å². The minimum Gasteiger partial charge on any atom is -0.454 e. The van der Waals surface area contributed by atoms with Gasteiger partial charge < -0.3 is 10.5 Å². The number of halogens is 1. The van der Waals surface area contributed by atoms with Crippen molar-refractivity contribution in [2.24, 2.45) is 0 Å². The number of anilines is 1. The van der Waals surface area contributed by atoms with Crippen LogP contribution in [0, 0.1) is 0 Å². The molecule has 0 spiro atoms. The number of aryl methyl sites for hydroxylation is 1. The molecule has 0 radical (unpaired) electrons. The smallest absolute Gasteiger partial charge is 0.340 e. The molecule has 0 amide bonds. The van der Waals surface area contributed by atoms with Gasteiger partial charge in [-0.1, -0.05) is 30.3 Å². The second kappa shape index (κ2) is 5.90. The molecule has 0 aromatic heterocycles. The van der Waals surface area contributed by atoms with Crippen LogP contribution in [0.2, 0.25) is 0 Å². The lowest BCUT2D eigenvalue weighted by Crippen LogP contribution is -2.17.